The van der Waals surface area contributed by atoms with Gasteiger partial charge in [0.25, 0.3) is 5.91 Å². The highest BCUT2D eigenvalue weighted by Gasteiger charge is 2.33. The molecule has 180 valence electrons. The molecule has 1 N–H and O–H groups in total. The van der Waals surface area contributed by atoms with Crippen LogP contribution in [-0.4, -0.2) is 38.2 Å². The molecule has 4 aromatic rings. The van der Waals surface area contributed by atoms with Gasteiger partial charge in [-0.15, -0.1) is 0 Å². The van der Waals surface area contributed by atoms with Crippen LogP contribution in [0, 0.1) is 6.92 Å². The first kappa shape index (κ1) is 23.6. The Morgan fingerprint density at radius 3 is 2.53 bits per heavy atom. The lowest BCUT2D eigenvalue weighted by atomic mass is 10.1. The molecule has 1 aliphatic rings. The van der Waals surface area contributed by atoms with Crippen molar-refractivity contribution in [3.05, 3.63) is 106 Å². The van der Waals surface area contributed by atoms with E-state index in [1.54, 1.807) is 17.0 Å². The summed E-state index contributed by atoms with van der Waals surface area (Å²) in [6.45, 7) is 5.20. The second kappa shape index (κ2) is 9.87. The summed E-state index contributed by atoms with van der Waals surface area (Å²) in [5.74, 6) is -1.11. The van der Waals surface area contributed by atoms with Gasteiger partial charge in [-0.05, 0) is 61.5 Å². The van der Waals surface area contributed by atoms with E-state index in [9.17, 15) is 14.7 Å². The number of carbonyl (C=O) groups excluding carboxylic acids is 1. The molecule has 1 fully saturated rings. The number of aromatic nitrogens is 1. The van der Waals surface area contributed by atoms with Crippen LogP contribution >= 0.6 is 11.8 Å². The SMILES string of the molecule is CCN1C(=O)/C(=C\c2c(C)n(Cc3ccccc3)c3ccccc23)SC1=Nc1cccc(C(=O)O)c1. The number of para-hydroxylation sites is 1. The van der Waals surface area contributed by atoms with E-state index in [0.29, 0.717) is 22.3 Å². The number of carboxylic acid groups (broad SMARTS) is 1. The molecule has 2 heterocycles. The van der Waals surface area contributed by atoms with E-state index < -0.39 is 5.97 Å². The third-order valence-corrected chi connectivity index (χ3v) is 7.27. The zero-order chi connectivity index (χ0) is 25.2. The van der Waals surface area contributed by atoms with Crippen LogP contribution in [-0.2, 0) is 11.3 Å². The van der Waals surface area contributed by atoms with E-state index in [2.05, 4.69) is 40.7 Å². The molecule has 1 saturated heterocycles. The molecule has 6 nitrogen and oxygen atoms in total. The molecule has 0 unspecified atom stereocenters. The average molecular weight is 496 g/mol. The highest BCUT2D eigenvalue weighted by Crippen LogP contribution is 2.37. The zero-order valence-electron chi connectivity index (χ0n) is 20.0. The number of hydrogen-bond acceptors (Lipinski definition) is 4. The van der Waals surface area contributed by atoms with E-state index in [0.717, 1.165) is 28.7 Å². The fourth-order valence-electron chi connectivity index (χ4n) is 4.43. The van der Waals surface area contributed by atoms with Crippen molar-refractivity contribution in [2.45, 2.75) is 20.4 Å². The summed E-state index contributed by atoms with van der Waals surface area (Å²) in [4.78, 5) is 31.5. The van der Waals surface area contributed by atoms with Crippen LogP contribution < -0.4 is 0 Å². The Kier molecular flexibility index (Phi) is 6.48. The van der Waals surface area contributed by atoms with Gasteiger partial charge >= 0.3 is 5.97 Å². The van der Waals surface area contributed by atoms with Crippen molar-refractivity contribution >= 4 is 51.5 Å². The quantitative estimate of drug-likeness (QED) is 0.318. The van der Waals surface area contributed by atoms with Crippen molar-refractivity contribution in [2.24, 2.45) is 4.99 Å². The smallest absolute Gasteiger partial charge is 0.335 e. The van der Waals surface area contributed by atoms with Crippen LogP contribution in [0.25, 0.3) is 17.0 Å². The molecule has 1 aromatic heterocycles. The Bertz CT molecular complexity index is 1540. The second-order valence-corrected chi connectivity index (χ2v) is 9.51. The number of amidine groups is 1. The first-order valence-electron chi connectivity index (χ1n) is 11.7. The summed E-state index contributed by atoms with van der Waals surface area (Å²) in [5.41, 5.74) is 5.09. The van der Waals surface area contributed by atoms with Crippen molar-refractivity contribution in [3.8, 4) is 0 Å². The van der Waals surface area contributed by atoms with Crippen molar-refractivity contribution in [3.63, 3.8) is 0 Å². The minimum absolute atomic E-state index is 0.102. The first-order valence-corrected chi connectivity index (χ1v) is 12.5. The summed E-state index contributed by atoms with van der Waals surface area (Å²) in [6.07, 6.45) is 1.96. The van der Waals surface area contributed by atoms with Gasteiger partial charge in [-0.3, -0.25) is 9.69 Å². The Hall–Kier alpha value is -4.10. The van der Waals surface area contributed by atoms with Crippen LogP contribution in [0.1, 0.15) is 34.1 Å². The van der Waals surface area contributed by atoms with Crippen molar-refractivity contribution in [1.29, 1.82) is 0 Å². The molecule has 3 aromatic carbocycles. The number of carboxylic acids is 1. The van der Waals surface area contributed by atoms with Gasteiger partial charge in [-0.25, -0.2) is 9.79 Å². The summed E-state index contributed by atoms with van der Waals surface area (Å²) >= 11 is 1.32. The predicted molar refractivity (Wildman–Crippen MR) is 146 cm³/mol. The molecule has 36 heavy (non-hydrogen) atoms. The van der Waals surface area contributed by atoms with Crippen LogP contribution in [0.5, 0.6) is 0 Å². The number of rotatable bonds is 6. The molecule has 0 spiro atoms. The van der Waals surface area contributed by atoms with Crippen molar-refractivity contribution in [1.82, 2.24) is 9.47 Å². The van der Waals surface area contributed by atoms with Crippen LogP contribution in [0.2, 0.25) is 0 Å². The molecule has 5 rings (SSSR count). The molecule has 1 aliphatic heterocycles. The number of hydrogen-bond donors (Lipinski definition) is 1. The fourth-order valence-corrected chi connectivity index (χ4v) is 5.47. The number of fused-ring (bicyclic) bond motifs is 1. The Morgan fingerprint density at radius 1 is 1.03 bits per heavy atom. The maximum atomic E-state index is 13.3. The molecule has 0 radical (unpaired) electrons. The van der Waals surface area contributed by atoms with E-state index in [4.69, 9.17) is 0 Å². The van der Waals surface area contributed by atoms with Crippen LogP contribution in [0.3, 0.4) is 0 Å². The number of nitrogens with zero attached hydrogens (tertiary/aromatic N) is 3. The third kappa shape index (κ3) is 4.45. The molecule has 0 bridgehead atoms. The Labute approximate surface area is 213 Å². The molecule has 0 saturated carbocycles. The summed E-state index contributed by atoms with van der Waals surface area (Å²) in [7, 11) is 0. The van der Waals surface area contributed by atoms with Crippen LogP contribution in [0.15, 0.2) is 88.8 Å². The van der Waals surface area contributed by atoms with Gasteiger partial charge in [0.1, 0.15) is 0 Å². The highest BCUT2D eigenvalue weighted by atomic mass is 32.2. The standard InChI is InChI=1S/C29H25N3O3S/c1-3-31-27(33)26(36-29(31)30-22-13-9-12-21(16-22)28(34)35)17-24-19(2)32(18-20-10-5-4-6-11-20)25-15-8-7-14-23(24)25/h4-17H,3,18H2,1-2H3,(H,34,35)/b26-17+,30-29?. The Balaban J connectivity index is 1.55. The largest absolute Gasteiger partial charge is 0.478 e. The number of likely N-dealkylation sites (N-methyl/N-ethyl adjacent to an activating group) is 1. The molecular formula is C29H25N3O3S. The normalized spacial score (nSPS) is 15.9. The lowest BCUT2D eigenvalue weighted by Crippen LogP contribution is -2.28. The number of aliphatic imine (C=N–C) groups is 1. The average Bonchev–Trinajstić information content (AvgIpc) is 3.33. The van der Waals surface area contributed by atoms with E-state index >= 15 is 0 Å². The molecule has 7 heteroatoms. The number of benzene rings is 3. The minimum atomic E-state index is -1.01. The van der Waals surface area contributed by atoms with E-state index in [1.165, 1.54) is 29.5 Å². The third-order valence-electron chi connectivity index (χ3n) is 6.26. The zero-order valence-corrected chi connectivity index (χ0v) is 20.8. The minimum Gasteiger partial charge on any atom is -0.478 e. The predicted octanol–water partition coefficient (Wildman–Crippen LogP) is 6.32. The highest BCUT2D eigenvalue weighted by molar-refractivity contribution is 8.18. The van der Waals surface area contributed by atoms with Gasteiger partial charge in [0, 0.05) is 35.2 Å². The van der Waals surface area contributed by atoms with Gasteiger partial charge < -0.3 is 9.67 Å². The molecule has 0 aliphatic carbocycles. The maximum Gasteiger partial charge on any atom is 0.335 e. The maximum absolute atomic E-state index is 13.3. The number of aromatic carboxylic acids is 1. The van der Waals surface area contributed by atoms with E-state index in [-0.39, 0.29) is 11.5 Å². The van der Waals surface area contributed by atoms with Gasteiger partial charge in [0.2, 0.25) is 0 Å². The van der Waals surface area contributed by atoms with Gasteiger partial charge in [-0.1, -0.05) is 54.6 Å². The van der Waals surface area contributed by atoms with Gasteiger partial charge in [-0.2, -0.15) is 0 Å². The number of thioether (sulfide) groups is 1. The summed E-state index contributed by atoms with van der Waals surface area (Å²) in [6, 6.07) is 25.0. The van der Waals surface area contributed by atoms with Gasteiger partial charge in [0.15, 0.2) is 5.17 Å². The lowest BCUT2D eigenvalue weighted by molar-refractivity contribution is -0.122. The molecule has 1 amide bonds. The number of carbonyl (C=O) groups is 2. The van der Waals surface area contributed by atoms with Crippen LogP contribution in [0.4, 0.5) is 5.69 Å². The second-order valence-electron chi connectivity index (χ2n) is 8.50. The summed E-state index contributed by atoms with van der Waals surface area (Å²) in [5, 5.41) is 10.9. The monoisotopic (exact) mass is 495 g/mol. The molecule has 0 atom stereocenters. The topological polar surface area (TPSA) is 74.9 Å². The molecular weight excluding hydrogens is 470 g/mol. The first-order chi connectivity index (χ1) is 17.5. The fraction of sp³-hybridized carbons (Fsp3) is 0.138. The summed E-state index contributed by atoms with van der Waals surface area (Å²) < 4.78 is 2.28. The van der Waals surface area contributed by atoms with Crippen molar-refractivity contribution in [2.75, 3.05) is 6.54 Å². The van der Waals surface area contributed by atoms with Gasteiger partial charge in [0.05, 0.1) is 16.2 Å². The van der Waals surface area contributed by atoms with Crippen molar-refractivity contribution < 1.29 is 14.7 Å². The lowest BCUT2D eigenvalue weighted by Gasteiger charge is -2.12. The van der Waals surface area contributed by atoms with E-state index in [1.807, 2.05) is 43.3 Å². The number of amides is 1. The Morgan fingerprint density at radius 2 is 1.78 bits per heavy atom.